The van der Waals surface area contributed by atoms with Crippen LogP contribution in [0.5, 0.6) is 5.75 Å². The molecule has 1 aromatic rings. The van der Waals surface area contributed by atoms with Crippen LogP contribution >= 0.6 is 15.9 Å². The van der Waals surface area contributed by atoms with Crippen LogP contribution in [0.2, 0.25) is 0 Å². The third kappa shape index (κ3) is 2.79. The van der Waals surface area contributed by atoms with Crippen molar-refractivity contribution < 1.29 is 19.4 Å². The van der Waals surface area contributed by atoms with E-state index in [9.17, 15) is 9.90 Å². The zero-order chi connectivity index (χ0) is 16.7. The van der Waals surface area contributed by atoms with E-state index in [0.29, 0.717) is 10.2 Å². The van der Waals surface area contributed by atoms with Gasteiger partial charge in [-0.15, -0.1) is 0 Å². The first kappa shape index (κ1) is 17.0. The van der Waals surface area contributed by atoms with Crippen molar-refractivity contribution in [3.05, 3.63) is 39.4 Å². The molecule has 0 saturated carbocycles. The summed E-state index contributed by atoms with van der Waals surface area (Å²) in [5.74, 6) is -0.704. The summed E-state index contributed by atoms with van der Waals surface area (Å²) in [6.45, 7) is 8.35. The van der Waals surface area contributed by atoms with Crippen LogP contribution in [0.15, 0.2) is 22.7 Å². The molecule has 0 amide bonds. The molecule has 0 aromatic heterocycles. The molecule has 120 valence electrons. The van der Waals surface area contributed by atoms with Gasteiger partial charge in [0.05, 0.1) is 4.47 Å². The first-order chi connectivity index (χ1) is 10.1. The van der Waals surface area contributed by atoms with Gasteiger partial charge < -0.3 is 14.6 Å². The van der Waals surface area contributed by atoms with E-state index >= 15 is 0 Å². The van der Waals surface area contributed by atoms with Crippen molar-refractivity contribution in [2.45, 2.75) is 38.5 Å². The molecule has 0 heterocycles. The molecular formula is C17H21BrO4. The Kier molecular flexibility index (Phi) is 4.42. The minimum Gasteiger partial charge on any atom is -0.478 e. The van der Waals surface area contributed by atoms with Gasteiger partial charge in [-0.3, -0.25) is 0 Å². The Bertz CT molecular complexity index is 645. The summed E-state index contributed by atoms with van der Waals surface area (Å²) >= 11 is 3.57. The van der Waals surface area contributed by atoms with E-state index in [0.717, 1.165) is 11.1 Å². The normalized spacial score (nSPS) is 17.9. The maximum atomic E-state index is 11.6. The summed E-state index contributed by atoms with van der Waals surface area (Å²) in [5, 5.41) is 9.53. The number of rotatable bonds is 4. The fourth-order valence-electron chi connectivity index (χ4n) is 2.78. The van der Waals surface area contributed by atoms with Gasteiger partial charge in [-0.25, -0.2) is 4.79 Å². The lowest BCUT2D eigenvalue weighted by molar-refractivity contribution is 0.0476. The molecule has 1 aromatic carbocycles. The van der Waals surface area contributed by atoms with Crippen LogP contribution in [0.25, 0.3) is 0 Å². The standard InChI is InChI=1S/C17H21BrO4/c1-16(2)6-7-17(3,4)12-11(16)8-10(15(19)20)14(13(12)18)22-9-21-5/h6-8H,9H2,1-5H3,(H,19,20). The fraction of sp³-hybridized carbons (Fsp3) is 0.471. The van der Waals surface area contributed by atoms with E-state index < -0.39 is 5.97 Å². The smallest absolute Gasteiger partial charge is 0.339 e. The van der Waals surface area contributed by atoms with Crippen LogP contribution in [0.3, 0.4) is 0 Å². The highest BCUT2D eigenvalue weighted by molar-refractivity contribution is 9.10. The Morgan fingerprint density at radius 1 is 1.23 bits per heavy atom. The van der Waals surface area contributed by atoms with Crippen molar-refractivity contribution in [3.63, 3.8) is 0 Å². The van der Waals surface area contributed by atoms with Gasteiger partial charge in [0, 0.05) is 17.9 Å². The first-order valence-electron chi connectivity index (χ1n) is 7.04. The summed E-state index contributed by atoms with van der Waals surface area (Å²) in [7, 11) is 1.50. The van der Waals surface area contributed by atoms with Gasteiger partial charge in [-0.1, -0.05) is 39.8 Å². The number of allylic oxidation sites excluding steroid dienone is 2. The van der Waals surface area contributed by atoms with Gasteiger partial charge in [0.1, 0.15) is 5.56 Å². The summed E-state index contributed by atoms with van der Waals surface area (Å²) in [4.78, 5) is 11.6. The van der Waals surface area contributed by atoms with E-state index in [1.54, 1.807) is 6.07 Å². The van der Waals surface area contributed by atoms with Gasteiger partial charge in [-0.05, 0) is 33.1 Å². The van der Waals surface area contributed by atoms with Crippen LogP contribution < -0.4 is 4.74 Å². The van der Waals surface area contributed by atoms with Gasteiger partial charge in [-0.2, -0.15) is 0 Å². The molecule has 0 unspecified atom stereocenters. The average molecular weight is 369 g/mol. The van der Waals surface area contributed by atoms with Crippen LogP contribution in [0.4, 0.5) is 0 Å². The third-order valence-corrected chi connectivity index (χ3v) is 4.78. The molecular weight excluding hydrogens is 348 g/mol. The number of hydrogen-bond donors (Lipinski definition) is 1. The predicted molar refractivity (Wildman–Crippen MR) is 88.8 cm³/mol. The number of halogens is 1. The van der Waals surface area contributed by atoms with Crippen LogP contribution in [0.1, 0.15) is 49.2 Å². The second-order valence-corrected chi connectivity index (χ2v) is 7.42. The zero-order valence-electron chi connectivity index (χ0n) is 13.5. The second kappa shape index (κ2) is 5.70. The molecule has 22 heavy (non-hydrogen) atoms. The number of aromatic carboxylic acids is 1. The molecule has 5 heteroatoms. The molecule has 1 N–H and O–H groups in total. The van der Waals surface area contributed by atoms with E-state index in [2.05, 4.69) is 55.8 Å². The number of fused-ring (bicyclic) bond motifs is 1. The monoisotopic (exact) mass is 368 g/mol. The lowest BCUT2D eigenvalue weighted by Gasteiger charge is -2.38. The highest BCUT2D eigenvalue weighted by Crippen LogP contribution is 2.48. The maximum Gasteiger partial charge on any atom is 0.339 e. The Labute approximate surface area is 139 Å². The maximum absolute atomic E-state index is 11.6. The molecule has 0 aliphatic heterocycles. The molecule has 2 rings (SSSR count). The molecule has 1 aliphatic rings. The van der Waals surface area contributed by atoms with Crippen molar-refractivity contribution in [2.24, 2.45) is 0 Å². The van der Waals surface area contributed by atoms with E-state index in [4.69, 9.17) is 9.47 Å². The van der Waals surface area contributed by atoms with Gasteiger partial charge in [0.15, 0.2) is 12.5 Å². The number of ether oxygens (including phenoxy) is 2. The van der Waals surface area contributed by atoms with E-state index in [-0.39, 0.29) is 23.2 Å². The summed E-state index contributed by atoms with van der Waals surface area (Å²) < 4.78 is 11.1. The van der Waals surface area contributed by atoms with Crippen molar-refractivity contribution in [3.8, 4) is 5.75 Å². The van der Waals surface area contributed by atoms with Crippen LogP contribution in [-0.4, -0.2) is 25.0 Å². The number of carboxylic acids is 1. The average Bonchev–Trinajstić information content (AvgIpc) is 2.41. The Hall–Kier alpha value is -1.33. The first-order valence-corrected chi connectivity index (χ1v) is 7.84. The van der Waals surface area contributed by atoms with Crippen molar-refractivity contribution in [2.75, 3.05) is 13.9 Å². The van der Waals surface area contributed by atoms with Crippen molar-refractivity contribution in [1.82, 2.24) is 0 Å². The summed E-state index contributed by atoms with van der Waals surface area (Å²) in [6.07, 6.45) is 4.28. The number of carboxylic acid groups (broad SMARTS) is 1. The minimum atomic E-state index is -1.02. The number of methoxy groups -OCH3 is 1. The summed E-state index contributed by atoms with van der Waals surface area (Å²) in [5.41, 5.74) is 1.73. The number of hydrogen-bond acceptors (Lipinski definition) is 3. The predicted octanol–water partition coefficient (Wildman–Crippen LogP) is 4.26. The Morgan fingerprint density at radius 2 is 1.82 bits per heavy atom. The molecule has 0 atom stereocenters. The Morgan fingerprint density at radius 3 is 2.36 bits per heavy atom. The van der Waals surface area contributed by atoms with Crippen molar-refractivity contribution >= 4 is 21.9 Å². The molecule has 4 nitrogen and oxygen atoms in total. The molecule has 1 aliphatic carbocycles. The number of benzene rings is 1. The van der Waals surface area contributed by atoms with Gasteiger partial charge in [0.2, 0.25) is 0 Å². The van der Waals surface area contributed by atoms with Gasteiger partial charge in [0.25, 0.3) is 0 Å². The molecule has 0 fully saturated rings. The highest BCUT2D eigenvalue weighted by atomic mass is 79.9. The second-order valence-electron chi connectivity index (χ2n) is 6.62. The molecule has 0 spiro atoms. The highest BCUT2D eigenvalue weighted by Gasteiger charge is 2.37. The Balaban J connectivity index is 2.78. The van der Waals surface area contributed by atoms with Gasteiger partial charge >= 0.3 is 5.97 Å². The van der Waals surface area contributed by atoms with Crippen LogP contribution in [-0.2, 0) is 15.6 Å². The minimum absolute atomic E-state index is 0.00265. The SMILES string of the molecule is COCOc1c(C(=O)O)cc2c(c1Br)C(C)(C)C=CC2(C)C. The zero-order valence-corrected chi connectivity index (χ0v) is 15.1. The third-order valence-electron chi connectivity index (χ3n) is 4.03. The van der Waals surface area contributed by atoms with E-state index in [1.807, 2.05) is 0 Å². The molecule has 0 saturated heterocycles. The lowest BCUT2D eigenvalue weighted by atomic mass is 9.67. The lowest BCUT2D eigenvalue weighted by Crippen LogP contribution is -2.30. The van der Waals surface area contributed by atoms with Crippen LogP contribution in [0, 0.1) is 0 Å². The molecule has 0 radical (unpaired) electrons. The largest absolute Gasteiger partial charge is 0.478 e. The van der Waals surface area contributed by atoms with E-state index in [1.165, 1.54) is 7.11 Å². The summed E-state index contributed by atoms with van der Waals surface area (Å²) in [6, 6.07) is 1.72. The fourth-order valence-corrected chi connectivity index (χ4v) is 3.83. The quantitative estimate of drug-likeness (QED) is 0.637. The van der Waals surface area contributed by atoms with Crippen molar-refractivity contribution in [1.29, 1.82) is 0 Å². The molecule has 0 bridgehead atoms. The topological polar surface area (TPSA) is 55.8 Å². The number of carbonyl (C=O) groups is 1.